The van der Waals surface area contributed by atoms with Crippen LogP contribution in [0.15, 0.2) is 79.0 Å². The van der Waals surface area contributed by atoms with Gasteiger partial charge in [-0.3, -0.25) is 14.6 Å². The third kappa shape index (κ3) is 3.55. The van der Waals surface area contributed by atoms with Gasteiger partial charge in [-0.15, -0.1) is 0 Å². The number of pyridine rings is 1. The molecule has 3 N–H and O–H groups in total. The summed E-state index contributed by atoms with van der Waals surface area (Å²) < 4.78 is 0. The van der Waals surface area contributed by atoms with Gasteiger partial charge in [0.05, 0.1) is 11.1 Å². The van der Waals surface area contributed by atoms with Crippen molar-refractivity contribution in [1.82, 2.24) is 10.3 Å². The Morgan fingerprint density at radius 2 is 1.64 bits per heavy atom. The molecule has 4 rings (SSSR count). The second-order valence-corrected chi connectivity index (χ2v) is 6.69. The molecule has 28 heavy (non-hydrogen) atoms. The van der Waals surface area contributed by atoms with Gasteiger partial charge in [0, 0.05) is 18.0 Å². The van der Waals surface area contributed by atoms with Crippen LogP contribution in [-0.2, 0) is 11.2 Å². The lowest BCUT2D eigenvalue weighted by atomic mass is 10.0. The van der Waals surface area contributed by atoms with Gasteiger partial charge in [-0.25, -0.2) is 0 Å². The Hall–Kier alpha value is -3.73. The summed E-state index contributed by atoms with van der Waals surface area (Å²) in [6.07, 6.45) is 1.96. The summed E-state index contributed by atoms with van der Waals surface area (Å²) in [5.41, 5.74) is 7.51. The van der Waals surface area contributed by atoms with Crippen molar-refractivity contribution in [3.63, 3.8) is 0 Å². The highest BCUT2D eigenvalue weighted by molar-refractivity contribution is 6.06. The summed E-state index contributed by atoms with van der Waals surface area (Å²) in [5.74, 6) is -0.941. The van der Waals surface area contributed by atoms with Crippen molar-refractivity contribution in [3.05, 3.63) is 90.1 Å². The molecular weight excluding hydrogens is 350 g/mol. The Morgan fingerprint density at radius 3 is 2.46 bits per heavy atom. The number of nitrogens with one attached hydrogen (secondary N) is 1. The van der Waals surface area contributed by atoms with Gasteiger partial charge in [-0.05, 0) is 28.5 Å². The Balaban J connectivity index is 1.59. The quantitative estimate of drug-likeness (QED) is 0.566. The first kappa shape index (κ1) is 17.7. The number of benzene rings is 3. The van der Waals surface area contributed by atoms with E-state index in [1.54, 1.807) is 18.3 Å². The van der Waals surface area contributed by atoms with Gasteiger partial charge >= 0.3 is 0 Å². The minimum atomic E-state index is -0.812. The zero-order valence-corrected chi connectivity index (χ0v) is 15.1. The molecule has 0 bridgehead atoms. The van der Waals surface area contributed by atoms with E-state index >= 15 is 0 Å². The van der Waals surface area contributed by atoms with Gasteiger partial charge in [-0.2, -0.15) is 0 Å². The van der Waals surface area contributed by atoms with Crippen LogP contribution in [0.2, 0.25) is 0 Å². The number of amides is 2. The molecule has 0 spiro atoms. The number of primary amides is 1. The first-order chi connectivity index (χ1) is 13.6. The summed E-state index contributed by atoms with van der Waals surface area (Å²) in [6.45, 7) is 0. The Morgan fingerprint density at radius 1 is 0.893 bits per heavy atom. The Labute approximate surface area is 162 Å². The van der Waals surface area contributed by atoms with Gasteiger partial charge in [0.15, 0.2) is 0 Å². The smallest absolute Gasteiger partial charge is 0.254 e. The SMILES string of the molecule is NC(=O)[C@H](Cc1ccc2ccccc2c1)NC(=O)c1cccc2cccnc12. The van der Waals surface area contributed by atoms with Gasteiger partial charge < -0.3 is 11.1 Å². The molecule has 0 saturated carbocycles. The number of nitrogens with zero attached hydrogens (tertiary/aromatic N) is 1. The third-order valence-corrected chi connectivity index (χ3v) is 4.78. The van der Waals surface area contributed by atoms with E-state index in [9.17, 15) is 9.59 Å². The number of carbonyl (C=O) groups is 2. The molecule has 1 heterocycles. The molecule has 0 aliphatic carbocycles. The van der Waals surface area contributed by atoms with Crippen LogP contribution in [0, 0.1) is 0 Å². The molecule has 4 aromatic rings. The molecule has 1 aromatic heterocycles. The summed E-state index contributed by atoms with van der Waals surface area (Å²) in [6, 6.07) is 22.2. The standard InChI is InChI=1S/C23H19N3O2/c24-22(27)20(14-15-10-11-16-5-1-2-6-18(16)13-15)26-23(28)19-9-3-7-17-8-4-12-25-21(17)19/h1-13,20H,14H2,(H2,24,27)(H,26,28)/t20-/m0/s1. The van der Waals surface area contributed by atoms with Crippen molar-refractivity contribution in [2.24, 2.45) is 5.73 Å². The molecule has 0 fully saturated rings. The van der Waals surface area contributed by atoms with E-state index in [2.05, 4.69) is 10.3 Å². The van der Waals surface area contributed by atoms with Crippen molar-refractivity contribution in [2.45, 2.75) is 12.5 Å². The number of para-hydroxylation sites is 1. The predicted octanol–water partition coefficient (Wildman–Crippen LogP) is 3.21. The van der Waals surface area contributed by atoms with Crippen LogP contribution in [0.4, 0.5) is 0 Å². The maximum absolute atomic E-state index is 12.8. The summed E-state index contributed by atoms with van der Waals surface area (Å²) >= 11 is 0. The number of carbonyl (C=O) groups excluding carboxylic acids is 2. The molecule has 0 aliphatic heterocycles. The number of nitrogens with two attached hydrogens (primary N) is 1. The minimum Gasteiger partial charge on any atom is -0.368 e. The van der Waals surface area contributed by atoms with E-state index in [1.807, 2.05) is 60.7 Å². The molecule has 0 radical (unpaired) electrons. The number of fused-ring (bicyclic) bond motifs is 2. The van der Waals surface area contributed by atoms with E-state index in [4.69, 9.17) is 5.73 Å². The van der Waals surface area contributed by atoms with Crippen LogP contribution < -0.4 is 11.1 Å². The lowest BCUT2D eigenvalue weighted by molar-refractivity contribution is -0.119. The first-order valence-electron chi connectivity index (χ1n) is 9.03. The zero-order chi connectivity index (χ0) is 19.5. The lowest BCUT2D eigenvalue weighted by Gasteiger charge is -2.16. The number of hydrogen-bond donors (Lipinski definition) is 2. The molecule has 5 nitrogen and oxygen atoms in total. The zero-order valence-electron chi connectivity index (χ0n) is 15.1. The fourth-order valence-electron chi connectivity index (χ4n) is 3.35. The van der Waals surface area contributed by atoms with E-state index < -0.39 is 11.9 Å². The highest BCUT2D eigenvalue weighted by atomic mass is 16.2. The first-order valence-corrected chi connectivity index (χ1v) is 9.03. The van der Waals surface area contributed by atoms with Crippen LogP contribution in [0.1, 0.15) is 15.9 Å². The van der Waals surface area contributed by atoms with Crippen LogP contribution in [-0.4, -0.2) is 22.8 Å². The topological polar surface area (TPSA) is 85.1 Å². The van der Waals surface area contributed by atoms with Crippen LogP contribution in [0.5, 0.6) is 0 Å². The molecule has 3 aromatic carbocycles. The highest BCUT2D eigenvalue weighted by Gasteiger charge is 2.21. The van der Waals surface area contributed by atoms with Crippen LogP contribution >= 0.6 is 0 Å². The monoisotopic (exact) mass is 369 g/mol. The van der Waals surface area contributed by atoms with E-state index in [0.29, 0.717) is 17.5 Å². The largest absolute Gasteiger partial charge is 0.368 e. The lowest BCUT2D eigenvalue weighted by Crippen LogP contribution is -2.45. The molecular formula is C23H19N3O2. The number of aromatic nitrogens is 1. The molecule has 0 unspecified atom stereocenters. The second kappa shape index (κ2) is 7.48. The average molecular weight is 369 g/mol. The van der Waals surface area contributed by atoms with Crippen molar-refractivity contribution in [3.8, 4) is 0 Å². The van der Waals surface area contributed by atoms with Gasteiger partial charge in [0.25, 0.3) is 5.91 Å². The van der Waals surface area contributed by atoms with E-state index in [1.165, 1.54) is 0 Å². The summed E-state index contributed by atoms with van der Waals surface area (Å²) in [5, 5.41) is 5.82. The van der Waals surface area contributed by atoms with Gasteiger partial charge in [-0.1, -0.05) is 60.7 Å². The molecule has 5 heteroatoms. The van der Waals surface area contributed by atoms with Gasteiger partial charge in [0.2, 0.25) is 5.91 Å². The molecule has 1 atom stereocenters. The Kier molecular flexibility index (Phi) is 4.72. The summed E-state index contributed by atoms with van der Waals surface area (Å²) in [7, 11) is 0. The Bertz CT molecular complexity index is 1180. The van der Waals surface area contributed by atoms with Crippen molar-refractivity contribution < 1.29 is 9.59 Å². The normalized spacial score (nSPS) is 12.0. The summed E-state index contributed by atoms with van der Waals surface area (Å²) in [4.78, 5) is 29.1. The number of rotatable bonds is 5. The molecule has 2 amide bonds. The van der Waals surface area contributed by atoms with Crippen molar-refractivity contribution in [2.75, 3.05) is 0 Å². The highest BCUT2D eigenvalue weighted by Crippen LogP contribution is 2.18. The second-order valence-electron chi connectivity index (χ2n) is 6.69. The fourth-order valence-corrected chi connectivity index (χ4v) is 3.35. The maximum Gasteiger partial charge on any atom is 0.254 e. The van der Waals surface area contributed by atoms with E-state index in [-0.39, 0.29) is 5.91 Å². The molecule has 138 valence electrons. The third-order valence-electron chi connectivity index (χ3n) is 4.78. The van der Waals surface area contributed by atoms with E-state index in [0.717, 1.165) is 21.7 Å². The fraction of sp³-hybridized carbons (Fsp3) is 0.0870. The van der Waals surface area contributed by atoms with Crippen LogP contribution in [0.25, 0.3) is 21.7 Å². The van der Waals surface area contributed by atoms with Gasteiger partial charge in [0.1, 0.15) is 6.04 Å². The van der Waals surface area contributed by atoms with Crippen LogP contribution in [0.3, 0.4) is 0 Å². The van der Waals surface area contributed by atoms with Crippen molar-refractivity contribution >= 4 is 33.5 Å². The molecule has 0 aliphatic rings. The average Bonchev–Trinajstić information content (AvgIpc) is 2.72. The predicted molar refractivity (Wildman–Crippen MR) is 110 cm³/mol. The maximum atomic E-state index is 12.8. The number of hydrogen-bond acceptors (Lipinski definition) is 3. The minimum absolute atomic E-state index is 0.324. The van der Waals surface area contributed by atoms with Crippen molar-refractivity contribution in [1.29, 1.82) is 0 Å². The molecule has 0 saturated heterocycles.